The highest BCUT2D eigenvalue weighted by molar-refractivity contribution is 5.70. The summed E-state index contributed by atoms with van der Waals surface area (Å²) >= 11 is 0. The number of carbonyl (C=O) groups is 1. The van der Waals surface area contributed by atoms with Gasteiger partial charge < -0.3 is 15.2 Å². The van der Waals surface area contributed by atoms with Crippen LogP contribution in [0.2, 0.25) is 0 Å². The summed E-state index contributed by atoms with van der Waals surface area (Å²) in [5, 5.41) is 11.9. The number of nitrogens with one attached hydrogen (secondary N) is 1. The molecule has 1 atom stereocenters. The van der Waals surface area contributed by atoms with Crippen LogP contribution in [0.25, 0.3) is 11.1 Å². The Kier molecular flexibility index (Phi) is 5.87. The maximum atomic E-state index is 15.2. The minimum absolute atomic E-state index is 0.273. The van der Waals surface area contributed by atoms with Gasteiger partial charge in [0.25, 0.3) is 0 Å². The Morgan fingerprint density at radius 1 is 1.24 bits per heavy atom. The third kappa shape index (κ3) is 4.24. The van der Waals surface area contributed by atoms with E-state index in [-0.39, 0.29) is 11.2 Å². The van der Waals surface area contributed by atoms with Gasteiger partial charge in [0.15, 0.2) is 0 Å². The fourth-order valence-corrected chi connectivity index (χ4v) is 4.30. The number of carboxylic acid groups (broad SMARTS) is 1. The molecule has 0 saturated heterocycles. The summed E-state index contributed by atoms with van der Waals surface area (Å²) in [6.07, 6.45) is 1.47. The van der Waals surface area contributed by atoms with Gasteiger partial charge in [-0.2, -0.15) is 0 Å². The van der Waals surface area contributed by atoms with Gasteiger partial charge in [0.05, 0.1) is 12.6 Å². The molecule has 29 heavy (non-hydrogen) atoms. The van der Waals surface area contributed by atoms with Crippen molar-refractivity contribution >= 4 is 6.09 Å². The number of rotatable bonds is 5. The molecular formula is C24H30FNO3. The largest absolute Gasteiger partial charge is 0.493 e. The molecule has 2 aromatic rings. The van der Waals surface area contributed by atoms with E-state index >= 15 is 4.39 Å². The Labute approximate surface area is 172 Å². The first-order valence-corrected chi connectivity index (χ1v) is 10.2. The molecule has 5 heteroatoms. The molecule has 3 rings (SSSR count). The topological polar surface area (TPSA) is 58.6 Å². The van der Waals surface area contributed by atoms with Crippen LogP contribution in [0.3, 0.4) is 0 Å². The first-order valence-electron chi connectivity index (χ1n) is 10.2. The molecule has 0 saturated carbocycles. The van der Waals surface area contributed by atoms with Gasteiger partial charge in [-0.25, -0.2) is 9.18 Å². The summed E-state index contributed by atoms with van der Waals surface area (Å²) < 4.78 is 21.0. The average Bonchev–Trinajstić information content (AvgIpc) is 2.63. The number of halogens is 1. The number of hydrogen-bond acceptors (Lipinski definition) is 2. The van der Waals surface area contributed by atoms with Crippen molar-refractivity contribution in [1.82, 2.24) is 5.32 Å². The van der Waals surface area contributed by atoms with E-state index in [2.05, 4.69) is 12.2 Å². The van der Waals surface area contributed by atoms with Crippen molar-refractivity contribution < 1.29 is 19.0 Å². The Bertz CT molecular complexity index is 913. The Hall–Kier alpha value is -2.56. The molecule has 1 aliphatic rings. The molecule has 156 valence electrons. The molecule has 1 amide bonds. The van der Waals surface area contributed by atoms with Crippen LogP contribution in [-0.4, -0.2) is 17.8 Å². The second-order valence-electron chi connectivity index (χ2n) is 8.69. The molecule has 0 bridgehead atoms. The van der Waals surface area contributed by atoms with Gasteiger partial charge in [-0.1, -0.05) is 20.8 Å². The van der Waals surface area contributed by atoms with E-state index in [1.54, 1.807) is 0 Å². The fraction of sp³-hybridized carbons (Fsp3) is 0.458. The molecule has 1 aliphatic carbocycles. The van der Waals surface area contributed by atoms with E-state index in [1.807, 2.05) is 45.9 Å². The highest BCUT2D eigenvalue weighted by Gasteiger charge is 2.37. The number of benzene rings is 2. The minimum Gasteiger partial charge on any atom is -0.493 e. The van der Waals surface area contributed by atoms with Crippen molar-refractivity contribution in [3.63, 3.8) is 0 Å². The number of aryl methyl sites for hydroxylation is 3. The lowest BCUT2D eigenvalue weighted by atomic mass is 9.70. The van der Waals surface area contributed by atoms with Crippen molar-refractivity contribution in [3.05, 3.63) is 52.3 Å². The third-order valence-electron chi connectivity index (χ3n) is 5.85. The standard InChI is InChI=1S/C24H30FNO3/c1-6-9-29-21-14(2)10-17(11-15(21)3)18-12-16-7-8-24(4,5)22(26-23(27)28)19(16)13-20(18)25/h10-13,22,26H,6-9H2,1-5H3,(H,27,28)/t22-/m0/s1. The molecule has 0 heterocycles. The summed E-state index contributed by atoms with van der Waals surface area (Å²) in [5.74, 6) is 0.529. The number of ether oxygens (including phenoxy) is 1. The van der Waals surface area contributed by atoms with Crippen LogP contribution in [0.4, 0.5) is 9.18 Å². The number of hydrogen-bond donors (Lipinski definition) is 2. The predicted octanol–water partition coefficient (Wildman–Crippen LogP) is 6.18. The van der Waals surface area contributed by atoms with Crippen molar-refractivity contribution in [2.24, 2.45) is 5.41 Å². The Morgan fingerprint density at radius 3 is 2.48 bits per heavy atom. The molecule has 4 nitrogen and oxygen atoms in total. The van der Waals surface area contributed by atoms with Crippen molar-refractivity contribution in [3.8, 4) is 16.9 Å². The lowest BCUT2D eigenvalue weighted by molar-refractivity contribution is 0.161. The molecule has 0 radical (unpaired) electrons. The molecule has 0 spiro atoms. The normalized spacial score (nSPS) is 17.5. The lowest BCUT2D eigenvalue weighted by Crippen LogP contribution is -2.40. The highest BCUT2D eigenvalue weighted by Crippen LogP contribution is 2.45. The maximum absolute atomic E-state index is 15.2. The van der Waals surface area contributed by atoms with Gasteiger partial charge in [0.1, 0.15) is 11.6 Å². The van der Waals surface area contributed by atoms with Crippen LogP contribution in [0.1, 0.15) is 61.9 Å². The van der Waals surface area contributed by atoms with E-state index < -0.39 is 12.1 Å². The Morgan fingerprint density at radius 2 is 1.90 bits per heavy atom. The summed E-state index contributed by atoms with van der Waals surface area (Å²) in [5.41, 5.74) is 4.80. The summed E-state index contributed by atoms with van der Waals surface area (Å²) in [6, 6.07) is 6.89. The van der Waals surface area contributed by atoms with E-state index in [4.69, 9.17) is 4.74 Å². The number of amides is 1. The van der Waals surface area contributed by atoms with Gasteiger partial charge in [-0.3, -0.25) is 0 Å². The predicted molar refractivity (Wildman–Crippen MR) is 113 cm³/mol. The third-order valence-corrected chi connectivity index (χ3v) is 5.85. The van der Waals surface area contributed by atoms with Crippen molar-refractivity contribution in [1.29, 1.82) is 0 Å². The lowest BCUT2D eigenvalue weighted by Gasteiger charge is -2.40. The van der Waals surface area contributed by atoms with Gasteiger partial charge in [0, 0.05) is 5.56 Å². The molecule has 2 aromatic carbocycles. The van der Waals surface area contributed by atoms with Gasteiger partial charge >= 0.3 is 6.09 Å². The number of fused-ring (bicyclic) bond motifs is 1. The molecule has 0 aliphatic heterocycles. The second kappa shape index (κ2) is 8.05. The van der Waals surface area contributed by atoms with Crippen LogP contribution >= 0.6 is 0 Å². The van der Waals surface area contributed by atoms with E-state index in [0.29, 0.717) is 12.2 Å². The van der Waals surface area contributed by atoms with E-state index in [1.165, 1.54) is 6.07 Å². The zero-order valence-electron chi connectivity index (χ0n) is 17.9. The van der Waals surface area contributed by atoms with Crippen LogP contribution in [0.5, 0.6) is 5.75 Å². The van der Waals surface area contributed by atoms with Gasteiger partial charge in [-0.05, 0) is 90.6 Å². The molecular weight excluding hydrogens is 369 g/mol. The van der Waals surface area contributed by atoms with E-state index in [0.717, 1.165) is 52.8 Å². The second-order valence-corrected chi connectivity index (χ2v) is 8.69. The van der Waals surface area contributed by atoms with Crippen LogP contribution in [-0.2, 0) is 6.42 Å². The monoisotopic (exact) mass is 399 g/mol. The highest BCUT2D eigenvalue weighted by atomic mass is 19.1. The van der Waals surface area contributed by atoms with Crippen molar-refractivity contribution in [2.75, 3.05) is 6.61 Å². The molecule has 0 aromatic heterocycles. The quantitative estimate of drug-likeness (QED) is 0.631. The zero-order chi connectivity index (χ0) is 21.3. The van der Waals surface area contributed by atoms with Crippen LogP contribution < -0.4 is 10.1 Å². The van der Waals surface area contributed by atoms with E-state index in [9.17, 15) is 9.90 Å². The first-order chi connectivity index (χ1) is 13.6. The van der Waals surface area contributed by atoms with Crippen molar-refractivity contribution in [2.45, 2.75) is 59.9 Å². The van der Waals surface area contributed by atoms with Gasteiger partial charge in [-0.15, -0.1) is 0 Å². The summed E-state index contributed by atoms with van der Waals surface area (Å²) in [6.45, 7) is 10.7. The zero-order valence-corrected chi connectivity index (χ0v) is 17.9. The average molecular weight is 400 g/mol. The molecule has 0 fully saturated rings. The summed E-state index contributed by atoms with van der Waals surface area (Å²) in [7, 11) is 0. The van der Waals surface area contributed by atoms with Crippen LogP contribution in [0, 0.1) is 25.1 Å². The maximum Gasteiger partial charge on any atom is 0.405 e. The Balaban J connectivity index is 2.05. The summed E-state index contributed by atoms with van der Waals surface area (Å²) in [4.78, 5) is 11.3. The van der Waals surface area contributed by atoms with Gasteiger partial charge in [0.2, 0.25) is 0 Å². The minimum atomic E-state index is -1.09. The van der Waals surface area contributed by atoms with Crippen LogP contribution in [0.15, 0.2) is 24.3 Å². The first kappa shape index (κ1) is 21.2. The SMILES string of the molecule is CCCOc1c(C)cc(-c2cc3c(cc2F)[C@H](NC(=O)O)C(C)(C)CC3)cc1C. The molecule has 0 unspecified atom stereocenters. The smallest absolute Gasteiger partial charge is 0.405 e. The molecule has 2 N–H and O–H groups in total. The fourth-order valence-electron chi connectivity index (χ4n) is 4.30.